The van der Waals surface area contributed by atoms with Gasteiger partial charge in [0, 0.05) is 17.9 Å². The van der Waals surface area contributed by atoms with Gasteiger partial charge in [-0.3, -0.25) is 4.79 Å². The summed E-state index contributed by atoms with van der Waals surface area (Å²) in [5, 5.41) is 1.17. The lowest BCUT2D eigenvalue weighted by Gasteiger charge is -2.14. The van der Waals surface area contributed by atoms with Crippen molar-refractivity contribution in [3.63, 3.8) is 0 Å². The zero-order valence-corrected chi connectivity index (χ0v) is 16.6. The zero-order valence-electron chi connectivity index (χ0n) is 15.0. The van der Waals surface area contributed by atoms with Gasteiger partial charge in [-0.15, -0.1) is 11.8 Å². The predicted octanol–water partition coefficient (Wildman–Crippen LogP) is 4.21. The number of benzene rings is 1. The van der Waals surface area contributed by atoms with Crippen LogP contribution in [0.2, 0.25) is 5.02 Å². The summed E-state index contributed by atoms with van der Waals surface area (Å²) in [6, 6.07) is 3.79. The fraction of sp³-hybridized carbons (Fsp3) is 0.368. The first-order valence-corrected chi connectivity index (χ1v) is 9.73. The zero-order chi connectivity index (χ0) is 18.8. The smallest absolute Gasteiger partial charge is 0.251 e. The summed E-state index contributed by atoms with van der Waals surface area (Å²) in [7, 11) is 0. The fourth-order valence-electron chi connectivity index (χ4n) is 2.83. The van der Waals surface area contributed by atoms with E-state index in [0.29, 0.717) is 46.1 Å². The third-order valence-corrected chi connectivity index (χ3v) is 5.77. The van der Waals surface area contributed by atoms with Gasteiger partial charge in [0.15, 0.2) is 11.5 Å². The number of nitrogens with two attached hydrogens (primary N) is 1. The second-order valence-corrected chi connectivity index (χ2v) is 7.61. The van der Waals surface area contributed by atoms with Crippen LogP contribution in [0.5, 0.6) is 11.5 Å². The molecule has 1 aromatic carbocycles. The van der Waals surface area contributed by atoms with Crippen LogP contribution in [0, 0.1) is 20.8 Å². The van der Waals surface area contributed by atoms with E-state index >= 15 is 0 Å². The average Bonchev–Trinajstić information content (AvgIpc) is 2.83. The number of hydrogen-bond acceptors (Lipinski definition) is 5. The molecule has 0 radical (unpaired) electrons. The van der Waals surface area contributed by atoms with Crippen LogP contribution in [0.25, 0.3) is 0 Å². The number of nitrogens with zero attached hydrogens (tertiary/aromatic N) is 1. The van der Waals surface area contributed by atoms with Gasteiger partial charge in [0.25, 0.3) is 5.91 Å². The second-order valence-electron chi connectivity index (χ2n) is 6.24. The highest BCUT2D eigenvalue weighted by Gasteiger charge is 2.19. The van der Waals surface area contributed by atoms with Crippen LogP contribution in [0.3, 0.4) is 0 Å². The first-order chi connectivity index (χ1) is 12.4. The Hall–Kier alpha value is -1.92. The summed E-state index contributed by atoms with van der Waals surface area (Å²) in [6.45, 7) is 6.97. The minimum atomic E-state index is -0.461. The second kappa shape index (κ2) is 7.76. The van der Waals surface area contributed by atoms with Crippen LogP contribution in [0.1, 0.15) is 39.2 Å². The molecule has 7 heteroatoms. The first-order valence-electron chi connectivity index (χ1n) is 8.37. The van der Waals surface area contributed by atoms with Gasteiger partial charge < -0.3 is 15.2 Å². The number of aromatic nitrogens is 1. The fourth-order valence-corrected chi connectivity index (χ4v) is 4.18. The molecule has 0 fully saturated rings. The maximum atomic E-state index is 11.9. The van der Waals surface area contributed by atoms with E-state index in [1.807, 2.05) is 32.9 Å². The molecule has 0 bridgehead atoms. The Labute approximate surface area is 162 Å². The van der Waals surface area contributed by atoms with E-state index in [4.69, 9.17) is 26.8 Å². The molecule has 2 N–H and O–H groups in total. The molecule has 0 spiro atoms. The molecule has 2 heterocycles. The number of carbonyl (C=O) groups is 1. The van der Waals surface area contributed by atoms with Gasteiger partial charge in [-0.05, 0) is 49.6 Å². The van der Waals surface area contributed by atoms with E-state index < -0.39 is 5.91 Å². The summed E-state index contributed by atoms with van der Waals surface area (Å²) < 4.78 is 11.4. The summed E-state index contributed by atoms with van der Waals surface area (Å²) >= 11 is 7.81. The van der Waals surface area contributed by atoms with Crippen LogP contribution in [-0.2, 0) is 5.75 Å². The SMILES string of the molecule is Cc1nc(SCc2cc(Cl)c3c(c2)OCCCO3)c(C(N)=O)c(C)c1C. The molecule has 26 heavy (non-hydrogen) atoms. The minimum absolute atomic E-state index is 0.461. The number of pyridine rings is 1. The minimum Gasteiger partial charge on any atom is -0.489 e. The Morgan fingerprint density at radius 3 is 2.69 bits per heavy atom. The van der Waals surface area contributed by atoms with E-state index in [0.717, 1.165) is 28.8 Å². The van der Waals surface area contributed by atoms with Crippen LogP contribution in [0.4, 0.5) is 0 Å². The van der Waals surface area contributed by atoms with Gasteiger partial charge in [-0.2, -0.15) is 0 Å². The number of rotatable bonds is 4. The molecule has 1 aliphatic rings. The highest BCUT2D eigenvalue weighted by Crippen LogP contribution is 2.39. The van der Waals surface area contributed by atoms with Crippen molar-refractivity contribution in [2.24, 2.45) is 5.73 Å². The largest absolute Gasteiger partial charge is 0.489 e. The lowest BCUT2D eigenvalue weighted by Crippen LogP contribution is -2.16. The number of hydrogen-bond donors (Lipinski definition) is 1. The molecule has 0 aliphatic carbocycles. The number of ether oxygens (including phenoxy) is 2. The Morgan fingerprint density at radius 2 is 1.96 bits per heavy atom. The Bertz CT molecular complexity index is 871. The van der Waals surface area contributed by atoms with Crippen LogP contribution < -0.4 is 15.2 Å². The van der Waals surface area contributed by atoms with Crippen LogP contribution >= 0.6 is 23.4 Å². The van der Waals surface area contributed by atoms with Crippen molar-refractivity contribution < 1.29 is 14.3 Å². The van der Waals surface area contributed by atoms with E-state index in [2.05, 4.69) is 4.98 Å². The molecule has 5 nitrogen and oxygen atoms in total. The standard InChI is InChI=1S/C19H21ClN2O3S/c1-10-11(2)16(18(21)23)19(22-12(10)3)26-9-13-7-14(20)17-15(8-13)24-5-4-6-25-17/h7-8H,4-6,9H2,1-3H3,(H2,21,23). The quantitative estimate of drug-likeness (QED) is 0.789. The average molecular weight is 393 g/mol. The predicted molar refractivity (Wildman–Crippen MR) is 104 cm³/mol. The molecule has 138 valence electrons. The van der Waals surface area contributed by atoms with Crippen molar-refractivity contribution in [3.05, 3.63) is 45.1 Å². The summed E-state index contributed by atoms with van der Waals surface area (Å²) in [4.78, 5) is 16.5. The number of fused-ring (bicyclic) bond motifs is 1. The Morgan fingerprint density at radius 1 is 1.23 bits per heavy atom. The van der Waals surface area contributed by atoms with Crippen molar-refractivity contribution in [3.8, 4) is 11.5 Å². The Balaban J connectivity index is 1.89. The van der Waals surface area contributed by atoms with E-state index in [9.17, 15) is 4.79 Å². The molecular formula is C19H21ClN2O3S. The Kier molecular flexibility index (Phi) is 5.63. The van der Waals surface area contributed by atoms with Crippen molar-refractivity contribution in [1.82, 2.24) is 4.98 Å². The number of primary amides is 1. The van der Waals surface area contributed by atoms with Gasteiger partial charge in [0.05, 0.1) is 23.8 Å². The molecule has 1 aliphatic heterocycles. The topological polar surface area (TPSA) is 74.4 Å². The van der Waals surface area contributed by atoms with Crippen molar-refractivity contribution in [1.29, 1.82) is 0 Å². The lowest BCUT2D eigenvalue weighted by molar-refractivity contribution is 0.0996. The maximum absolute atomic E-state index is 11.9. The maximum Gasteiger partial charge on any atom is 0.251 e. The highest BCUT2D eigenvalue weighted by atomic mass is 35.5. The third-order valence-electron chi connectivity index (χ3n) is 4.45. The molecule has 1 aromatic heterocycles. The van der Waals surface area contributed by atoms with E-state index in [1.54, 1.807) is 0 Å². The van der Waals surface area contributed by atoms with Gasteiger partial charge in [0.1, 0.15) is 5.03 Å². The number of amides is 1. The number of thioether (sulfide) groups is 1. The van der Waals surface area contributed by atoms with Crippen molar-refractivity contribution >= 4 is 29.3 Å². The normalized spacial score (nSPS) is 13.4. The van der Waals surface area contributed by atoms with Crippen LogP contribution in [0.15, 0.2) is 17.2 Å². The monoisotopic (exact) mass is 392 g/mol. The van der Waals surface area contributed by atoms with E-state index in [-0.39, 0.29) is 0 Å². The number of halogens is 1. The molecule has 1 amide bonds. The van der Waals surface area contributed by atoms with Crippen LogP contribution in [-0.4, -0.2) is 24.1 Å². The molecular weight excluding hydrogens is 372 g/mol. The molecule has 3 rings (SSSR count). The molecule has 2 aromatic rings. The van der Waals surface area contributed by atoms with Gasteiger partial charge in [-0.25, -0.2) is 4.98 Å². The number of carbonyl (C=O) groups excluding carboxylic acids is 1. The molecule has 0 saturated carbocycles. The summed E-state index contributed by atoms with van der Waals surface area (Å²) in [5.41, 5.74) is 9.80. The van der Waals surface area contributed by atoms with Crippen molar-refractivity contribution in [2.75, 3.05) is 13.2 Å². The van der Waals surface area contributed by atoms with Crippen molar-refractivity contribution in [2.45, 2.75) is 38.0 Å². The molecule has 0 unspecified atom stereocenters. The summed E-state index contributed by atoms with van der Waals surface area (Å²) in [6.07, 6.45) is 0.822. The van der Waals surface area contributed by atoms with Gasteiger partial charge in [0.2, 0.25) is 0 Å². The molecule has 0 atom stereocenters. The van der Waals surface area contributed by atoms with E-state index in [1.165, 1.54) is 11.8 Å². The van der Waals surface area contributed by atoms with Gasteiger partial charge in [-0.1, -0.05) is 11.6 Å². The first kappa shape index (κ1) is 18.9. The lowest BCUT2D eigenvalue weighted by atomic mass is 10.0. The molecule has 0 saturated heterocycles. The number of aryl methyl sites for hydroxylation is 1. The highest BCUT2D eigenvalue weighted by molar-refractivity contribution is 7.98. The summed E-state index contributed by atoms with van der Waals surface area (Å²) in [5.74, 6) is 1.38. The third kappa shape index (κ3) is 3.76. The van der Waals surface area contributed by atoms with Gasteiger partial charge >= 0.3 is 0 Å².